The summed E-state index contributed by atoms with van der Waals surface area (Å²) >= 11 is 0. The van der Waals surface area contributed by atoms with Crippen molar-refractivity contribution >= 4 is 27.6 Å². The van der Waals surface area contributed by atoms with Gasteiger partial charge in [-0.1, -0.05) is 13.8 Å². The van der Waals surface area contributed by atoms with Crippen molar-refractivity contribution in [2.24, 2.45) is 0 Å². The predicted octanol–water partition coefficient (Wildman–Crippen LogP) is 0.760. The number of sulfonamides is 1. The lowest BCUT2D eigenvalue weighted by molar-refractivity contribution is -0.139. The number of nitrogens with zero attached hydrogens (tertiary/aromatic N) is 1. The molecule has 9 heteroatoms. The Bertz CT molecular complexity index is 638. The van der Waals surface area contributed by atoms with E-state index in [1.165, 1.54) is 28.6 Å². The van der Waals surface area contributed by atoms with Crippen LogP contribution in [0.2, 0.25) is 0 Å². The van der Waals surface area contributed by atoms with Crippen molar-refractivity contribution in [2.45, 2.75) is 13.8 Å². The number of anilines is 1. The van der Waals surface area contributed by atoms with Crippen molar-refractivity contribution in [3.8, 4) is 5.75 Å². The van der Waals surface area contributed by atoms with E-state index in [9.17, 15) is 18.0 Å². The summed E-state index contributed by atoms with van der Waals surface area (Å²) in [6.07, 6.45) is 0. The molecule has 0 aliphatic carbocycles. The van der Waals surface area contributed by atoms with E-state index in [2.05, 4.69) is 5.32 Å². The van der Waals surface area contributed by atoms with E-state index in [1.54, 1.807) is 13.8 Å². The average Bonchev–Trinajstić information content (AvgIpc) is 2.46. The first-order valence-electron chi connectivity index (χ1n) is 7.00. The molecule has 0 bridgehead atoms. The van der Waals surface area contributed by atoms with Crippen LogP contribution in [0.4, 0.5) is 5.69 Å². The number of carboxylic acid groups (broad SMARTS) is 1. The maximum Gasteiger partial charge on any atom is 0.341 e. The largest absolute Gasteiger partial charge is 0.482 e. The monoisotopic (exact) mass is 344 g/mol. The van der Waals surface area contributed by atoms with Gasteiger partial charge in [-0.15, -0.1) is 0 Å². The maximum absolute atomic E-state index is 12.0. The van der Waals surface area contributed by atoms with E-state index in [4.69, 9.17) is 9.84 Å². The van der Waals surface area contributed by atoms with Gasteiger partial charge in [-0.05, 0) is 24.3 Å². The van der Waals surface area contributed by atoms with Crippen LogP contribution in [-0.2, 0) is 19.6 Å². The van der Waals surface area contributed by atoms with Crippen LogP contribution >= 0.6 is 0 Å². The molecule has 8 nitrogen and oxygen atoms in total. The Morgan fingerprint density at radius 2 is 1.74 bits per heavy atom. The first-order valence-corrected chi connectivity index (χ1v) is 8.61. The molecule has 128 valence electrons. The number of amides is 1. The molecule has 0 saturated heterocycles. The van der Waals surface area contributed by atoms with Crippen LogP contribution in [-0.4, -0.2) is 55.2 Å². The van der Waals surface area contributed by atoms with Gasteiger partial charge in [-0.25, -0.2) is 17.5 Å². The van der Waals surface area contributed by atoms with E-state index in [1.807, 2.05) is 0 Å². The van der Waals surface area contributed by atoms with Crippen LogP contribution in [0.15, 0.2) is 24.3 Å². The second-order valence-electron chi connectivity index (χ2n) is 4.60. The van der Waals surface area contributed by atoms with Crippen LogP contribution in [0.5, 0.6) is 5.75 Å². The van der Waals surface area contributed by atoms with Gasteiger partial charge in [-0.3, -0.25) is 4.79 Å². The number of carboxylic acids is 1. The summed E-state index contributed by atoms with van der Waals surface area (Å²) < 4.78 is 30.1. The molecule has 2 N–H and O–H groups in total. The second-order valence-corrected chi connectivity index (χ2v) is 6.56. The fourth-order valence-corrected chi connectivity index (χ4v) is 3.22. The highest BCUT2D eigenvalue weighted by atomic mass is 32.2. The highest BCUT2D eigenvalue weighted by Crippen LogP contribution is 2.15. The minimum absolute atomic E-state index is 0.307. The molecule has 0 aromatic heterocycles. The minimum Gasteiger partial charge on any atom is -0.482 e. The highest BCUT2D eigenvalue weighted by molar-refractivity contribution is 7.89. The van der Waals surface area contributed by atoms with Crippen LogP contribution in [0.25, 0.3) is 0 Å². The van der Waals surface area contributed by atoms with Crippen molar-refractivity contribution in [3.63, 3.8) is 0 Å². The Balaban J connectivity index is 2.62. The Morgan fingerprint density at radius 3 is 2.22 bits per heavy atom. The van der Waals surface area contributed by atoms with E-state index in [-0.39, 0.29) is 0 Å². The minimum atomic E-state index is -3.64. The summed E-state index contributed by atoms with van der Waals surface area (Å²) in [5.41, 5.74) is 0.396. The number of hydrogen-bond acceptors (Lipinski definition) is 5. The van der Waals surface area contributed by atoms with Crippen molar-refractivity contribution in [3.05, 3.63) is 24.3 Å². The first kappa shape index (κ1) is 18.9. The lowest BCUT2D eigenvalue weighted by Gasteiger charge is -2.17. The van der Waals surface area contributed by atoms with E-state index in [0.717, 1.165) is 0 Å². The molecule has 0 heterocycles. The molecule has 1 amide bonds. The quantitative estimate of drug-likeness (QED) is 0.684. The first-order chi connectivity index (χ1) is 10.8. The normalized spacial score (nSPS) is 11.3. The number of nitrogens with one attached hydrogen (secondary N) is 1. The van der Waals surface area contributed by atoms with Gasteiger partial charge >= 0.3 is 5.97 Å². The molecule has 0 aliphatic heterocycles. The smallest absolute Gasteiger partial charge is 0.341 e. The Morgan fingerprint density at radius 1 is 1.17 bits per heavy atom. The lowest BCUT2D eigenvalue weighted by Crippen LogP contribution is -2.36. The van der Waals surface area contributed by atoms with Gasteiger partial charge in [-0.2, -0.15) is 0 Å². The number of aliphatic carboxylic acids is 1. The number of hydrogen-bond donors (Lipinski definition) is 2. The zero-order chi connectivity index (χ0) is 17.5. The number of carbonyl (C=O) groups is 2. The summed E-state index contributed by atoms with van der Waals surface area (Å²) in [6, 6.07) is 5.97. The highest BCUT2D eigenvalue weighted by Gasteiger charge is 2.22. The average molecular weight is 344 g/mol. The number of benzene rings is 1. The molecule has 0 spiro atoms. The molecule has 0 saturated carbocycles. The lowest BCUT2D eigenvalue weighted by atomic mass is 10.3. The zero-order valence-electron chi connectivity index (χ0n) is 13.0. The number of carbonyl (C=O) groups excluding carboxylic acids is 1. The molecule has 1 aromatic carbocycles. The van der Waals surface area contributed by atoms with E-state index < -0.39 is 34.3 Å². The van der Waals surface area contributed by atoms with Crippen LogP contribution < -0.4 is 10.1 Å². The molecule has 0 aliphatic rings. The molecule has 23 heavy (non-hydrogen) atoms. The van der Waals surface area contributed by atoms with E-state index in [0.29, 0.717) is 24.5 Å². The fraction of sp³-hybridized carbons (Fsp3) is 0.429. The maximum atomic E-state index is 12.0. The zero-order valence-corrected chi connectivity index (χ0v) is 13.8. The Hall–Kier alpha value is -2.13. The van der Waals surface area contributed by atoms with Crippen LogP contribution in [0, 0.1) is 0 Å². The fourth-order valence-electron chi connectivity index (χ4n) is 1.85. The molecule has 0 radical (unpaired) electrons. The third-order valence-corrected chi connectivity index (χ3v) is 4.84. The third kappa shape index (κ3) is 6.25. The van der Waals surface area contributed by atoms with Gasteiger partial charge in [0.1, 0.15) is 11.5 Å². The molecule has 0 atom stereocenters. The second kappa shape index (κ2) is 8.49. The SMILES string of the molecule is CCN(CC)S(=O)(=O)CC(=O)Nc1ccc(OCC(=O)O)cc1. The van der Waals surface area contributed by atoms with Crippen molar-refractivity contribution in [1.29, 1.82) is 0 Å². The van der Waals surface area contributed by atoms with Crippen molar-refractivity contribution in [2.75, 3.05) is 30.8 Å². The Labute approximate surface area is 135 Å². The third-order valence-electron chi connectivity index (χ3n) is 2.91. The summed E-state index contributed by atoms with van der Waals surface area (Å²) in [7, 11) is -3.64. The molecule has 1 rings (SSSR count). The number of ether oxygens (including phenoxy) is 1. The van der Waals surface area contributed by atoms with Gasteiger partial charge in [0.25, 0.3) is 0 Å². The van der Waals surface area contributed by atoms with E-state index >= 15 is 0 Å². The van der Waals surface area contributed by atoms with Crippen molar-refractivity contribution in [1.82, 2.24) is 4.31 Å². The molecular weight excluding hydrogens is 324 g/mol. The summed E-state index contributed by atoms with van der Waals surface area (Å²) in [5, 5.41) is 11.0. The molecule has 0 unspecified atom stereocenters. The summed E-state index contributed by atoms with van der Waals surface area (Å²) in [6.45, 7) is 3.56. The van der Waals surface area contributed by atoms with Crippen LogP contribution in [0.1, 0.15) is 13.8 Å². The summed E-state index contributed by atoms with van der Waals surface area (Å²) in [4.78, 5) is 22.2. The van der Waals surface area contributed by atoms with Gasteiger partial charge in [0.05, 0.1) is 0 Å². The Kier molecular flexibility index (Phi) is 6.98. The standard InChI is InChI=1S/C14H20N2O6S/c1-3-16(4-2)23(20,21)10-13(17)15-11-5-7-12(8-6-11)22-9-14(18)19/h5-8H,3-4,9-10H2,1-2H3,(H,15,17)(H,18,19). The van der Waals surface area contributed by atoms with Gasteiger partial charge in [0, 0.05) is 18.8 Å². The number of rotatable bonds is 9. The van der Waals surface area contributed by atoms with Crippen LogP contribution in [0.3, 0.4) is 0 Å². The van der Waals surface area contributed by atoms with Gasteiger partial charge in [0.15, 0.2) is 6.61 Å². The predicted molar refractivity (Wildman–Crippen MR) is 84.9 cm³/mol. The topological polar surface area (TPSA) is 113 Å². The summed E-state index contributed by atoms with van der Waals surface area (Å²) in [5.74, 6) is -2.03. The molecule has 1 aromatic rings. The van der Waals surface area contributed by atoms with Crippen molar-refractivity contribution < 1.29 is 27.9 Å². The van der Waals surface area contributed by atoms with Gasteiger partial charge < -0.3 is 15.2 Å². The molecular formula is C14H20N2O6S. The van der Waals surface area contributed by atoms with Gasteiger partial charge in [0.2, 0.25) is 15.9 Å². The molecule has 0 fully saturated rings.